The van der Waals surface area contributed by atoms with Crippen LogP contribution in [0, 0.1) is 12.8 Å². The first kappa shape index (κ1) is 20.3. The number of halogens is 1. The summed E-state index contributed by atoms with van der Waals surface area (Å²) in [7, 11) is -3.68. The molecule has 31 heavy (non-hydrogen) atoms. The smallest absolute Gasteiger partial charge is 0.261 e. The average Bonchev–Trinajstić information content (AvgIpc) is 3.24. The van der Waals surface area contributed by atoms with E-state index >= 15 is 0 Å². The van der Waals surface area contributed by atoms with Gasteiger partial charge in [-0.1, -0.05) is 57.9 Å². The van der Waals surface area contributed by atoms with E-state index in [2.05, 4.69) is 69.3 Å². The summed E-state index contributed by atoms with van der Waals surface area (Å²) < 4.78 is 29.6. The van der Waals surface area contributed by atoms with Gasteiger partial charge in [-0.25, -0.2) is 8.42 Å². The highest BCUT2D eigenvalue weighted by atomic mass is 79.9. The molecule has 0 saturated carbocycles. The average molecular weight is 495 g/mol. The van der Waals surface area contributed by atoms with Crippen molar-refractivity contribution in [2.45, 2.75) is 30.2 Å². The molecule has 1 heterocycles. The van der Waals surface area contributed by atoms with Crippen LogP contribution in [-0.4, -0.2) is 8.42 Å². The van der Waals surface area contributed by atoms with Gasteiger partial charge < -0.3 is 5.32 Å². The topological polar surface area (TPSA) is 58.2 Å². The monoisotopic (exact) mass is 494 g/mol. The number of anilines is 2. The number of allylic oxidation sites excluding steroid dienone is 2. The van der Waals surface area contributed by atoms with Crippen LogP contribution >= 0.6 is 15.9 Å². The Morgan fingerprint density at radius 2 is 1.84 bits per heavy atom. The van der Waals surface area contributed by atoms with Crippen molar-refractivity contribution in [3.8, 4) is 0 Å². The summed E-state index contributed by atoms with van der Waals surface area (Å²) in [6.07, 6.45) is 5.42. The Bertz CT molecular complexity index is 1270. The quantitative estimate of drug-likeness (QED) is 0.413. The number of sulfonamides is 1. The molecule has 3 aromatic rings. The van der Waals surface area contributed by atoms with Crippen molar-refractivity contribution in [3.63, 3.8) is 0 Å². The van der Waals surface area contributed by atoms with Gasteiger partial charge in [0.1, 0.15) is 0 Å². The third-order valence-corrected chi connectivity index (χ3v) is 8.05. The largest absolute Gasteiger partial charge is 0.378 e. The van der Waals surface area contributed by atoms with E-state index in [1.54, 1.807) is 18.2 Å². The lowest BCUT2D eigenvalue weighted by Crippen LogP contribution is -2.29. The number of hydrogen-bond acceptors (Lipinski definition) is 3. The molecule has 1 aliphatic heterocycles. The Kier molecular flexibility index (Phi) is 5.15. The minimum absolute atomic E-state index is 0.199. The molecule has 0 amide bonds. The molecule has 0 fully saturated rings. The van der Waals surface area contributed by atoms with Gasteiger partial charge >= 0.3 is 0 Å². The molecule has 0 aromatic heterocycles. The van der Waals surface area contributed by atoms with Crippen molar-refractivity contribution in [1.82, 2.24) is 0 Å². The Labute approximate surface area is 191 Å². The molecule has 2 aliphatic rings. The number of aryl methyl sites for hydroxylation is 1. The summed E-state index contributed by atoms with van der Waals surface area (Å²) in [5.74, 6) is 0.566. The van der Waals surface area contributed by atoms with Gasteiger partial charge in [-0.05, 0) is 72.9 Å². The van der Waals surface area contributed by atoms with E-state index in [4.69, 9.17) is 0 Å². The second-order valence-corrected chi connectivity index (χ2v) is 10.8. The first-order valence-electron chi connectivity index (χ1n) is 10.3. The molecule has 2 N–H and O–H groups in total. The molecule has 1 aliphatic carbocycles. The Balaban J connectivity index is 1.49. The van der Waals surface area contributed by atoms with E-state index < -0.39 is 10.0 Å². The number of nitrogens with one attached hydrogen (secondary N) is 2. The zero-order valence-electron chi connectivity index (χ0n) is 17.0. The zero-order chi connectivity index (χ0) is 21.6. The van der Waals surface area contributed by atoms with E-state index in [1.165, 1.54) is 11.1 Å². The molecular formula is C25H23BrN2O2S. The highest BCUT2D eigenvalue weighted by Crippen LogP contribution is 2.50. The normalized spacial score (nSPS) is 21.8. The molecule has 6 heteroatoms. The predicted molar refractivity (Wildman–Crippen MR) is 129 cm³/mol. The van der Waals surface area contributed by atoms with Crippen LogP contribution in [0.25, 0.3) is 0 Å². The third kappa shape index (κ3) is 3.90. The first-order valence-corrected chi connectivity index (χ1v) is 12.6. The van der Waals surface area contributed by atoms with Crippen LogP contribution in [0.15, 0.2) is 88.3 Å². The van der Waals surface area contributed by atoms with E-state index in [9.17, 15) is 8.42 Å². The highest BCUT2D eigenvalue weighted by Gasteiger charge is 2.38. The van der Waals surface area contributed by atoms with Crippen LogP contribution in [-0.2, 0) is 10.0 Å². The molecule has 0 saturated heterocycles. The molecule has 3 atom stereocenters. The molecule has 0 unspecified atom stereocenters. The second kappa shape index (κ2) is 7.84. The Morgan fingerprint density at radius 1 is 1.03 bits per heavy atom. The SMILES string of the molecule is Cc1cccc([C@H]2Nc3ccc(S(=O)(=O)Nc4ccc(Br)cc4)cc3[C@H]3C=CC[C@H]32)c1. The van der Waals surface area contributed by atoms with Gasteiger partial charge in [-0.15, -0.1) is 0 Å². The van der Waals surface area contributed by atoms with E-state index in [0.717, 1.165) is 22.1 Å². The van der Waals surface area contributed by atoms with Gasteiger partial charge in [0.05, 0.1) is 10.9 Å². The molecule has 0 radical (unpaired) electrons. The highest BCUT2D eigenvalue weighted by molar-refractivity contribution is 9.10. The number of fused-ring (bicyclic) bond motifs is 3. The van der Waals surface area contributed by atoms with Crippen molar-refractivity contribution in [3.05, 3.63) is 100 Å². The standard InChI is InChI=1S/C25H23BrN2O2S/c1-16-4-2-5-17(14-16)25-22-7-3-6-21(22)23-15-20(12-13-24(23)27-25)31(29,30)28-19-10-8-18(26)9-11-19/h2-6,8-15,21-22,25,27-28H,7H2,1H3/t21-,22+,25+/m0/s1. The zero-order valence-corrected chi connectivity index (χ0v) is 19.4. The lowest BCUT2D eigenvalue weighted by Gasteiger charge is -2.37. The molecule has 0 spiro atoms. The van der Waals surface area contributed by atoms with Crippen LogP contribution in [0.4, 0.5) is 11.4 Å². The maximum absolute atomic E-state index is 13.0. The van der Waals surface area contributed by atoms with Crippen LogP contribution in [0.5, 0.6) is 0 Å². The number of rotatable bonds is 4. The summed E-state index contributed by atoms with van der Waals surface area (Å²) in [6, 6.07) is 21.3. The summed E-state index contributed by atoms with van der Waals surface area (Å²) in [6.45, 7) is 2.11. The van der Waals surface area contributed by atoms with Gasteiger partial charge in [-0.3, -0.25) is 4.72 Å². The van der Waals surface area contributed by atoms with Crippen molar-refractivity contribution < 1.29 is 8.42 Å². The van der Waals surface area contributed by atoms with Crippen LogP contribution in [0.3, 0.4) is 0 Å². The van der Waals surface area contributed by atoms with Gasteiger partial charge in [0, 0.05) is 21.8 Å². The molecule has 0 bridgehead atoms. The van der Waals surface area contributed by atoms with Crippen molar-refractivity contribution in [1.29, 1.82) is 0 Å². The van der Waals surface area contributed by atoms with Gasteiger partial charge in [0.15, 0.2) is 0 Å². The van der Waals surface area contributed by atoms with Gasteiger partial charge in [-0.2, -0.15) is 0 Å². The first-order chi connectivity index (χ1) is 14.9. The molecule has 3 aromatic carbocycles. The molecule has 5 rings (SSSR count). The Morgan fingerprint density at radius 3 is 2.61 bits per heavy atom. The Hall–Kier alpha value is -2.57. The van der Waals surface area contributed by atoms with Crippen molar-refractivity contribution >= 4 is 37.3 Å². The maximum atomic E-state index is 13.0. The van der Waals surface area contributed by atoms with Gasteiger partial charge in [0.2, 0.25) is 0 Å². The molecular weight excluding hydrogens is 472 g/mol. The number of hydrogen-bond donors (Lipinski definition) is 2. The fourth-order valence-corrected chi connectivity index (χ4v) is 6.02. The number of benzene rings is 3. The van der Waals surface area contributed by atoms with Crippen molar-refractivity contribution in [2.24, 2.45) is 5.92 Å². The fourth-order valence-electron chi connectivity index (χ4n) is 4.67. The maximum Gasteiger partial charge on any atom is 0.261 e. The van der Waals surface area contributed by atoms with Crippen molar-refractivity contribution in [2.75, 3.05) is 10.0 Å². The summed E-state index contributed by atoms with van der Waals surface area (Å²) in [4.78, 5) is 0.282. The molecule has 158 valence electrons. The van der Waals surface area contributed by atoms with E-state index in [1.807, 2.05) is 24.3 Å². The summed E-state index contributed by atoms with van der Waals surface area (Å²) >= 11 is 3.37. The second-order valence-electron chi connectivity index (χ2n) is 8.25. The molecule has 4 nitrogen and oxygen atoms in total. The minimum Gasteiger partial charge on any atom is -0.378 e. The minimum atomic E-state index is -3.68. The lowest BCUT2D eigenvalue weighted by molar-refractivity contribution is 0.425. The van der Waals surface area contributed by atoms with Crippen LogP contribution in [0.2, 0.25) is 0 Å². The summed E-state index contributed by atoms with van der Waals surface area (Å²) in [5.41, 5.74) is 5.10. The predicted octanol–water partition coefficient (Wildman–Crippen LogP) is 6.38. The third-order valence-electron chi connectivity index (χ3n) is 6.14. The van der Waals surface area contributed by atoms with E-state index in [0.29, 0.717) is 11.6 Å². The van der Waals surface area contributed by atoms with Gasteiger partial charge in [0.25, 0.3) is 10.0 Å². The fraction of sp³-hybridized carbons (Fsp3) is 0.200. The lowest BCUT2D eigenvalue weighted by atomic mass is 9.77. The summed E-state index contributed by atoms with van der Waals surface area (Å²) in [5, 5.41) is 3.69. The van der Waals surface area contributed by atoms with E-state index in [-0.39, 0.29) is 16.9 Å². The van der Waals surface area contributed by atoms with Crippen LogP contribution in [0.1, 0.15) is 35.1 Å². The van der Waals surface area contributed by atoms with Crippen LogP contribution < -0.4 is 10.0 Å².